The number of halogens is 3. The standard InChI is InChI=1S/C21H25F3N4O/c1-28(2)19(29)15-27-20(25-12-11-16-7-4-3-5-8-16)26-14-17-9-6-10-18(13-17)21(22,23)24/h3-10,13H,11-12,14-15H2,1-2H3,(H2,25,26,27). The highest BCUT2D eigenvalue weighted by molar-refractivity contribution is 5.86. The van der Waals surface area contributed by atoms with Gasteiger partial charge in [0.15, 0.2) is 5.96 Å². The summed E-state index contributed by atoms with van der Waals surface area (Å²) in [6.07, 6.45) is -3.65. The highest BCUT2D eigenvalue weighted by Gasteiger charge is 2.30. The largest absolute Gasteiger partial charge is 0.416 e. The van der Waals surface area contributed by atoms with Crippen molar-refractivity contribution in [1.29, 1.82) is 0 Å². The lowest BCUT2D eigenvalue weighted by molar-refractivity contribution is -0.137. The van der Waals surface area contributed by atoms with E-state index in [1.165, 1.54) is 11.0 Å². The molecule has 0 aliphatic heterocycles. The third-order valence-electron chi connectivity index (χ3n) is 4.13. The Morgan fingerprint density at radius 2 is 1.69 bits per heavy atom. The molecule has 2 aromatic carbocycles. The molecule has 0 bridgehead atoms. The number of aliphatic imine (C=N–C) groups is 1. The minimum Gasteiger partial charge on any atom is -0.356 e. The first kappa shape index (κ1) is 22.3. The van der Waals surface area contributed by atoms with Crippen molar-refractivity contribution in [3.63, 3.8) is 0 Å². The number of rotatable bonds is 7. The summed E-state index contributed by atoms with van der Waals surface area (Å²) < 4.78 is 38.6. The monoisotopic (exact) mass is 406 g/mol. The first-order chi connectivity index (χ1) is 13.8. The van der Waals surface area contributed by atoms with E-state index in [9.17, 15) is 18.0 Å². The number of carbonyl (C=O) groups is 1. The third kappa shape index (κ3) is 7.85. The lowest BCUT2D eigenvalue weighted by atomic mass is 10.1. The zero-order valence-corrected chi connectivity index (χ0v) is 16.5. The van der Waals surface area contributed by atoms with Crippen molar-refractivity contribution in [1.82, 2.24) is 15.5 Å². The normalized spacial score (nSPS) is 11.8. The van der Waals surface area contributed by atoms with Crippen LogP contribution in [0.2, 0.25) is 0 Å². The van der Waals surface area contributed by atoms with Crippen LogP contribution in [-0.2, 0) is 23.9 Å². The number of hydrogen-bond donors (Lipinski definition) is 2. The molecule has 0 aliphatic carbocycles. The molecule has 29 heavy (non-hydrogen) atoms. The number of nitrogens with zero attached hydrogens (tertiary/aromatic N) is 2. The summed E-state index contributed by atoms with van der Waals surface area (Å²) >= 11 is 0. The average molecular weight is 406 g/mol. The van der Waals surface area contributed by atoms with E-state index in [1.807, 2.05) is 30.3 Å². The van der Waals surface area contributed by atoms with Crippen molar-refractivity contribution < 1.29 is 18.0 Å². The molecule has 8 heteroatoms. The van der Waals surface area contributed by atoms with Gasteiger partial charge in [0, 0.05) is 20.6 Å². The first-order valence-electron chi connectivity index (χ1n) is 9.18. The Morgan fingerprint density at radius 1 is 1.00 bits per heavy atom. The molecule has 2 aromatic rings. The molecule has 0 saturated heterocycles. The van der Waals surface area contributed by atoms with Crippen molar-refractivity contribution in [3.8, 4) is 0 Å². The van der Waals surface area contributed by atoms with Gasteiger partial charge in [-0.1, -0.05) is 42.5 Å². The van der Waals surface area contributed by atoms with Crippen LogP contribution in [0.15, 0.2) is 59.6 Å². The van der Waals surface area contributed by atoms with Crippen molar-refractivity contribution in [2.24, 2.45) is 4.99 Å². The van der Waals surface area contributed by atoms with Crippen molar-refractivity contribution in [3.05, 3.63) is 71.3 Å². The van der Waals surface area contributed by atoms with Crippen LogP contribution >= 0.6 is 0 Å². The van der Waals surface area contributed by atoms with Gasteiger partial charge in [0.05, 0.1) is 18.7 Å². The SMILES string of the molecule is CN(C)C(=O)CNC(=NCc1cccc(C(F)(F)F)c1)NCCc1ccccc1. The second-order valence-electron chi connectivity index (χ2n) is 6.67. The summed E-state index contributed by atoms with van der Waals surface area (Å²) in [6, 6.07) is 14.9. The van der Waals surface area contributed by atoms with Crippen LogP contribution in [-0.4, -0.2) is 44.0 Å². The van der Waals surface area contributed by atoms with Gasteiger partial charge < -0.3 is 15.5 Å². The van der Waals surface area contributed by atoms with Gasteiger partial charge in [-0.05, 0) is 29.7 Å². The summed E-state index contributed by atoms with van der Waals surface area (Å²) in [5, 5.41) is 6.05. The molecule has 2 rings (SSSR count). The summed E-state index contributed by atoms with van der Waals surface area (Å²) in [6.45, 7) is 0.655. The fourth-order valence-electron chi connectivity index (χ4n) is 2.48. The highest BCUT2D eigenvalue weighted by Crippen LogP contribution is 2.29. The highest BCUT2D eigenvalue weighted by atomic mass is 19.4. The molecule has 0 saturated carbocycles. The predicted molar refractivity (Wildman–Crippen MR) is 107 cm³/mol. The summed E-state index contributed by atoms with van der Waals surface area (Å²) in [4.78, 5) is 17.6. The fraction of sp³-hybridized carbons (Fsp3) is 0.333. The number of hydrogen-bond acceptors (Lipinski definition) is 2. The number of guanidine groups is 1. The molecule has 0 atom stereocenters. The maximum atomic E-state index is 12.9. The molecule has 0 aromatic heterocycles. The van der Waals surface area contributed by atoms with Gasteiger partial charge in [0.25, 0.3) is 0 Å². The Hall–Kier alpha value is -3.03. The number of likely N-dealkylation sites (N-methyl/N-ethyl adjacent to an activating group) is 1. The Kier molecular flexibility index (Phi) is 8.06. The van der Waals surface area contributed by atoms with E-state index in [2.05, 4.69) is 15.6 Å². The van der Waals surface area contributed by atoms with E-state index >= 15 is 0 Å². The summed E-state index contributed by atoms with van der Waals surface area (Å²) in [5.41, 5.74) is 0.865. The Balaban J connectivity index is 2.03. The predicted octanol–water partition coefficient (Wildman–Crippen LogP) is 3.07. The number of alkyl halides is 3. The van der Waals surface area contributed by atoms with Crippen LogP contribution in [0.1, 0.15) is 16.7 Å². The molecule has 156 valence electrons. The molecular weight excluding hydrogens is 381 g/mol. The van der Waals surface area contributed by atoms with Crippen molar-refractivity contribution >= 4 is 11.9 Å². The van der Waals surface area contributed by atoms with Crippen LogP contribution in [0.4, 0.5) is 13.2 Å². The Bertz CT molecular complexity index is 820. The fourth-order valence-corrected chi connectivity index (χ4v) is 2.48. The second kappa shape index (κ2) is 10.5. The second-order valence-corrected chi connectivity index (χ2v) is 6.67. The molecule has 1 amide bonds. The number of nitrogens with one attached hydrogen (secondary N) is 2. The van der Waals surface area contributed by atoms with Crippen LogP contribution < -0.4 is 10.6 Å². The van der Waals surface area contributed by atoms with E-state index in [0.29, 0.717) is 18.1 Å². The van der Waals surface area contributed by atoms with Crippen molar-refractivity contribution in [2.75, 3.05) is 27.2 Å². The molecule has 2 N–H and O–H groups in total. The first-order valence-corrected chi connectivity index (χ1v) is 9.18. The van der Waals surface area contributed by atoms with Gasteiger partial charge in [-0.15, -0.1) is 0 Å². The van der Waals surface area contributed by atoms with Crippen LogP contribution in [0.3, 0.4) is 0 Å². The van der Waals surface area contributed by atoms with Gasteiger partial charge in [0.1, 0.15) is 0 Å². The number of amides is 1. The average Bonchev–Trinajstić information content (AvgIpc) is 2.69. The van der Waals surface area contributed by atoms with Gasteiger partial charge in [-0.25, -0.2) is 4.99 Å². The topological polar surface area (TPSA) is 56.7 Å². The maximum Gasteiger partial charge on any atom is 0.416 e. The Morgan fingerprint density at radius 3 is 2.34 bits per heavy atom. The molecule has 0 heterocycles. The van der Waals surface area contributed by atoms with E-state index < -0.39 is 11.7 Å². The molecule has 5 nitrogen and oxygen atoms in total. The smallest absolute Gasteiger partial charge is 0.356 e. The zero-order valence-electron chi connectivity index (χ0n) is 16.5. The maximum absolute atomic E-state index is 12.9. The zero-order chi connectivity index (χ0) is 21.3. The summed E-state index contributed by atoms with van der Waals surface area (Å²) in [5.74, 6) is 0.232. The lowest BCUT2D eigenvalue weighted by Crippen LogP contribution is -2.43. The third-order valence-corrected chi connectivity index (χ3v) is 4.13. The van der Waals surface area contributed by atoms with Crippen LogP contribution in [0, 0.1) is 0 Å². The van der Waals surface area contributed by atoms with Crippen molar-refractivity contribution in [2.45, 2.75) is 19.1 Å². The van der Waals surface area contributed by atoms with Crippen LogP contribution in [0.5, 0.6) is 0 Å². The molecule has 0 spiro atoms. The molecule has 0 radical (unpaired) electrons. The van der Waals surface area contributed by atoms with Gasteiger partial charge in [-0.3, -0.25) is 4.79 Å². The van der Waals surface area contributed by atoms with E-state index in [4.69, 9.17) is 0 Å². The Labute approximate surface area is 168 Å². The number of carbonyl (C=O) groups excluding carboxylic acids is 1. The minimum absolute atomic E-state index is 0.0345. The quantitative estimate of drug-likeness (QED) is 0.549. The molecular formula is C21H25F3N4O. The van der Waals surface area contributed by atoms with Gasteiger partial charge in [-0.2, -0.15) is 13.2 Å². The van der Waals surface area contributed by atoms with Crippen LogP contribution in [0.25, 0.3) is 0 Å². The minimum atomic E-state index is -4.40. The van der Waals surface area contributed by atoms with Gasteiger partial charge >= 0.3 is 6.18 Å². The molecule has 0 fully saturated rings. The lowest BCUT2D eigenvalue weighted by Gasteiger charge is -2.15. The molecule has 0 unspecified atom stereocenters. The number of benzene rings is 2. The van der Waals surface area contributed by atoms with E-state index in [0.717, 1.165) is 24.1 Å². The van der Waals surface area contributed by atoms with E-state index in [1.54, 1.807) is 20.2 Å². The van der Waals surface area contributed by atoms with E-state index in [-0.39, 0.29) is 19.0 Å². The summed E-state index contributed by atoms with van der Waals surface area (Å²) in [7, 11) is 3.29. The molecule has 0 aliphatic rings. The van der Waals surface area contributed by atoms with Gasteiger partial charge in [0.2, 0.25) is 5.91 Å².